The zero-order valence-electron chi connectivity index (χ0n) is 15.4. The maximum absolute atomic E-state index is 11.8. The van der Waals surface area contributed by atoms with Gasteiger partial charge in [-0.25, -0.2) is 0 Å². The van der Waals surface area contributed by atoms with Crippen LogP contribution in [0.2, 0.25) is 0 Å². The van der Waals surface area contributed by atoms with Crippen molar-refractivity contribution < 1.29 is 9.59 Å². The lowest BCUT2D eigenvalue weighted by atomic mass is 9.92. The molecule has 0 saturated heterocycles. The third kappa shape index (κ3) is 4.91. The molecule has 2 rings (SSSR count). The quantitative estimate of drug-likeness (QED) is 0.787. The van der Waals surface area contributed by atoms with E-state index in [1.54, 1.807) is 13.0 Å². The summed E-state index contributed by atoms with van der Waals surface area (Å²) in [5.41, 5.74) is 2.54. The molecular formula is C20H30N2O2. The van der Waals surface area contributed by atoms with Crippen molar-refractivity contribution in [1.82, 2.24) is 4.90 Å². The number of ketones is 1. The van der Waals surface area contributed by atoms with E-state index in [0.717, 1.165) is 17.8 Å². The minimum absolute atomic E-state index is 0.0550. The molecule has 0 bridgehead atoms. The van der Waals surface area contributed by atoms with Gasteiger partial charge in [-0.1, -0.05) is 19.3 Å². The highest BCUT2D eigenvalue weighted by atomic mass is 16.1. The van der Waals surface area contributed by atoms with Crippen LogP contribution in [-0.4, -0.2) is 28.7 Å². The number of amides is 1. The van der Waals surface area contributed by atoms with Crippen molar-refractivity contribution in [3.63, 3.8) is 0 Å². The van der Waals surface area contributed by atoms with Gasteiger partial charge in [0.15, 0.2) is 5.78 Å². The van der Waals surface area contributed by atoms with Crippen molar-refractivity contribution in [3.05, 3.63) is 29.3 Å². The maximum atomic E-state index is 11.8. The fourth-order valence-corrected chi connectivity index (χ4v) is 3.60. The lowest BCUT2D eigenvalue weighted by Crippen LogP contribution is -2.41. The largest absolute Gasteiger partial charge is 0.326 e. The van der Waals surface area contributed by atoms with Gasteiger partial charge in [-0.15, -0.1) is 0 Å². The second-order valence-corrected chi connectivity index (χ2v) is 7.17. The molecule has 1 aromatic rings. The van der Waals surface area contributed by atoms with Crippen LogP contribution in [0.25, 0.3) is 0 Å². The van der Waals surface area contributed by atoms with Gasteiger partial charge in [0.1, 0.15) is 0 Å². The molecule has 0 unspecified atom stereocenters. The Morgan fingerprint density at radius 2 is 1.83 bits per heavy atom. The first-order chi connectivity index (χ1) is 11.4. The van der Waals surface area contributed by atoms with Crippen molar-refractivity contribution in [2.75, 3.05) is 5.32 Å². The second kappa shape index (κ2) is 8.43. The Labute approximate surface area is 145 Å². The average Bonchev–Trinajstić information content (AvgIpc) is 2.53. The molecule has 1 amide bonds. The molecule has 1 aliphatic carbocycles. The minimum Gasteiger partial charge on any atom is -0.326 e. The van der Waals surface area contributed by atoms with Gasteiger partial charge in [-0.05, 0) is 57.4 Å². The number of rotatable bonds is 6. The van der Waals surface area contributed by atoms with Gasteiger partial charge < -0.3 is 5.32 Å². The molecule has 132 valence electrons. The molecule has 1 N–H and O–H groups in total. The number of carbonyl (C=O) groups is 2. The van der Waals surface area contributed by atoms with Gasteiger partial charge in [0.2, 0.25) is 5.91 Å². The number of carbonyl (C=O) groups excluding carboxylic acids is 2. The summed E-state index contributed by atoms with van der Waals surface area (Å²) >= 11 is 0. The third-order valence-electron chi connectivity index (χ3n) is 4.88. The number of nitrogens with one attached hydrogen (secondary N) is 1. The molecule has 0 atom stereocenters. The summed E-state index contributed by atoms with van der Waals surface area (Å²) in [5.74, 6) is -0.0278. The Morgan fingerprint density at radius 3 is 2.38 bits per heavy atom. The van der Waals surface area contributed by atoms with E-state index in [0.29, 0.717) is 17.6 Å². The SMILES string of the molecule is CC(=O)Nc1ccc(C(C)=O)cc1CN(C(C)C)C1CCCCC1. The summed E-state index contributed by atoms with van der Waals surface area (Å²) in [6.45, 7) is 8.31. The van der Waals surface area contributed by atoms with E-state index >= 15 is 0 Å². The van der Waals surface area contributed by atoms with Crippen LogP contribution in [-0.2, 0) is 11.3 Å². The highest BCUT2D eigenvalue weighted by molar-refractivity contribution is 5.96. The summed E-state index contributed by atoms with van der Waals surface area (Å²) in [5, 5.41) is 2.91. The zero-order valence-corrected chi connectivity index (χ0v) is 15.4. The van der Waals surface area contributed by atoms with Crippen LogP contribution in [0, 0.1) is 0 Å². The van der Waals surface area contributed by atoms with E-state index in [2.05, 4.69) is 24.1 Å². The van der Waals surface area contributed by atoms with Gasteiger partial charge in [-0.2, -0.15) is 0 Å². The summed E-state index contributed by atoms with van der Waals surface area (Å²) < 4.78 is 0. The van der Waals surface area contributed by atoms with Crippen LogP contribution in [0.3, 0.4) is 0 Å². The zero-order chi connectivity index (χ0) is 17.7. The van der Waals surface area contributed by atoms with Crippen molar-refractivity contribution in [3.8, 4) is 0 Å². The number of anilines is 1. The first-order valence-corrected chi connectivity index (χ1v) is 9.05. The van der Waals surface area contributed by atoms with E-state index in [1.165, 1.54) is 39.0 Å². The standard InChI is InChI=1S/C20H30N2O2/c1-14(2)22(19-8-6-5-7-9-19)13-18-12-17(15(3)23)10-11-20(18)21-16(4)24/h10-12,14,19H,5-9,13H2,1-4H3,(H,21,24). The lowest BCUT2D eigenvalue weighted by molar-refractivity contribution is -0.114. The first kappa shape index (κ1) is 18.7. The molecular weight excluding hydrogens is 300 g/mol. The number of nitrogens with zero attached hydrogens (tertiary/aromatic N) is 1. The third-order valence-corrected chi connectivity index (χ3v) is 4.88. The number of benzene rings is 1. The van der Waals surface area contributed by atoms with Crippen molar-refractivity contribution in [1.29, 1.82) is 0 Å². The second-order valence-electron chi connectivity index (χ2n) is 7.17. The summed E-state index contributed by atoms with van der Waals surface area (Å²) in [4.78, 5) is 25.8. The Balaban J connectivity index is 2.30. The molecule has 0 radical (unpaired) electrons. The molecule has 0 aromatic heterocycles. The van der Waals surface area contributed by atoms with Crippen LogP contribution < -0.4 is 5.32 Å². The van der Waals surface area contributed by atoms with Crippen molar-refractivity contribution >= 4 is 17.4 Å². The van der Waals surface area contributed by atoms with E-state index in [4.69, 9.17) is 0 Å². The van der Waals surface area contributed by atoms with E-state index in [-0.39, 0.29) is 11.7 Å². The van der Waals surface area contributed by atoms with Crippen molar-refractivity contribution in [2.45, 2.75) is 78.4 Å². The molecule has 0 spiro atoms. The normalized spacial score (nSPS) is 15.8. The van der Waals surface area contributed by atoms with Crippen LogP contribution in [0.5, 0.6) is 0 Å². The number of Topliss-reactive ketones (excluding diaryl/α,β-unsaturated/α-hetero) is 1. The number of hydrogen-bond donors (Lipinski definition) is 1. The van der Waals surface area contributed by atoms with Gasteiger partial charge in [0.05, 0.1) is 0 Å². The summed E-state index contributed by atoms with van der Waals surface area (Å²) in [6.07, 6.45) is 6.39. The molecule has 0 heterocycles. The molecule has 1 saturated carbocycles. The monoisotopic (exact) mass is 330 g/mol. The topological polar surface area (TPSA) is 49.4 Å². The smallest absolute Gasteiger partial charge is 0.221 e. The lowest BCUT2D eigenvalue weighted by Gasteiger charge is -2.37. The van der Waals surface area contributed by atoms with Gasteiger partial charge >= 0.3 is 0 Å². The van der Waals surface area contributed by atoms with Crippen LogP contribution in [0.15, 0.2) is 18.2 Å². The summed E-state index contributed by atoms with van der Waals surface area (Å²) in [7, 11) is 0. The molecule has 0 aliphatic heterocycles. The van der Waals surface area contributed by atoms with Crippen molar-refractivity contribution in [2.24, 2.45) is 0 Å². The predicted octanol–water partition coefficient (Wildman–Crippen LogP) is 4.39. The summed E-state index contributed by atoms with van der Waals surface area (Å²) in [6, 6.07) is 6.60. The number of hydrogen-bond acceptors (Lipinski definition) is 3. The predicted molar refractivity (Wildman–Crippen MR) is 98.3 cm³/mol. The molecule has 4 heteroatoms. The van der Waals surface area contributed by atoms with Gasteiger partial charge in [0, 0.05) is 36.8 Å². The fourth-order valence-electron chi connectivity index (χ4n) is 3.60. The molecule has 4 nitrogen and oxygen atoms in total. The Morgan fingerprint density at radius 1 is 1.17 bits per heavy atom. The molecule has 1 aromatic carbocycles. The maximum Gasteiger partial charge on any atom is 0.221 e. The van der Waals surface area contributed by atoms with E-state index in [1.807, 2.05) is 12.1 Å². The highest BCUT2D eigenvalue weighted by Crippen LogP contribution is 2.28. The fraction of sp³-hybridized carbons (Fsp3) is 0.600. The van der Waals surface area contributed by atoms with E-state index in [9.17, 15) is 9.59 Å². The Kier molecular flexibility index (Phi) is 6.55. The first-order valence-electron chi connectivity index (χ1n) is 9.05. The Bertz CT molecular complexity index is 589. The average molecular weight is 330 g/mol. The minimum atomic E-state index is -0.0828. The van der Waals surface area contributed by atoms with E-state index < -0.39 is 0 Å². The van der Waals surface area contributed by atoms with Crippen LogP contribution in [0.4, 0.5) is 5.69 Å². The molecule has 1 aliphatic rings. The molecule has 24 heavy (non-hydrogen) atoms. The van der Waals surface area contributed by atoms with Crippen LogP contribution in [0.1, 0.15) is 75.7 Å². The van der Waals surface area contributed by atoms with Crippen LogP contribution >= 0.6 is 0 Å². The molecule has 1 fully saturated rings. The highest BCUT2D eigenvalue weighted by Gasteiger charge is 2.24. The Hall–Kier alpha value is -1.68. The van der Waals surface area contributed by atoms with Gasteiger partial charge in [0.25, 0.3) is 0 Å². The van der Waals surface area contributed by atoms with Gasteiger partial charge in [-0.3, -0.25) is 14.5 Å².